The van der Waals surface area contributed by atoms with E-state index in [-0.39, 0.29) is 11.3 Å². The van der Waals surface area contributed by atoms with Gasteiger partial charge in [0.05, 0.1) is 0 Å². The summed E-state index contributed by atoms with van der Waals surface area (Å²) in [6.45, 7) is 4.80. The Labute approximate surface area is 123 Å². The van der Waals surface area contributed by atoms with E-state index in [1.54, 1.807) is 0 Å². The van der Waals surface area contributed by atoms with Crippen molar-refractivity contribution in [1.29, 1.82) is 0 Å². The largest absolute Gasteiger partial charge is 0.352 e. The minimum Gasteiger partial charge on any atom is -0.352 e. The summed E-state index contributed by atoms with van der Waals surface area (Å²) in [4.78, 5) is 12.5. The highest BCUT2D eigenvalue weighted by atomic mass is 35.5. The van der Waals surface area contributed by atoms with E-state index in [1.165, 1.54) is 0 Å². The highest BCUT2D eigenvalue weighted by molar-refractivity contribution is 6.28. The van der Waals surface area contributed by atoms with Gasteiger partial charge in [-0.2, -0.15) is 15.0 Å². The van der Waals surface area contributed by atoms with Crippen LogP contribution in [0.5, 0.6) is 0 Å². The molecule has 0 radical (unpaired) electrons. The first-order chi connectivity index (χ1) is 9.67. The summed E-state index contributed by atoms with van der Waals surface area (Å²) in [7, 11) is 0. The summed E-state index contributed by atoms with van der Waals surface area (Å²) in [6, 6.07) is 10.3. The molecule has 5 nitrogen and oxygen atoms in total. The van der Waals surface area contributed by atoms with Crippen LogP contribution in [0.25, 0.3) is 0 Å². The second-order valence-corrected chi connectivity index (χ2v) is 4.88. The van der Waals surface area contributed by atoms with E-state index in [4.69, 9.17) is 11.6 Å². The van der Waals surface area contributed by atoms with Crippen LogP contribution < -0.4 is 10.6 Å². The van der Waals surface area contributed by atoms with Gasteiger partial charge in [-0.15, -0.1) is 0 Å². The predicted molar refractivity (Wildman–Crippen MR) is 82.0 cm³/mol. The standard InChI is InChI=1S/C14H18ClN5/c1-3-10(2)17-14-19-12(15)18-13(20-14)16-9-11-7-5-4-6-8-11/h4-8,10H,3,9H2,1-2H3,(H2,16,17,18,19,20)/t10-/m0/s1. The topological polar surface area (TPSA) is 62.7 Å². The van der Waals surface area contributed by atoms with Crippen molar-refractivity contribution in [2.45, 2.75) is 32.9 Å². The molecule has 0 saturated carbocycles. The molecule has 0 bridgehead atoms. The zero-order valence-electron chi connectivity index (χ0n) is 11.6. The number of hydrogen-bond donors (Lipinski definition) is 2. The average Bonchev–Trinajstić information content (AvgIpc) is 2.45. The zero-order chi connectivity index (χ0) is 14.4. The molecule has 20 heavy (non-hydrogen) atoms. The van der Waals surface area contributed by atoms with Crippen molar-refractivity contribution in [1.82, 2.24) is 15.0 Å². The Bertz CT molecular complexity index is 547. The first-order valence-corrected chi connectivity index (χ1v) is 7.01. The van der Waals surface area contributed by atoms with Crippen molar-refractivity contribution in [3.05, 3.63) is 41.2 Å². The van der Waals surface area contributed by atoms with Gasteiger partial charge in [0.15, 0.2) is 0 Å². The maximum absolute atomic E-state index is 5.92. The number of halogens is 1. The summed E-state index contributed by atoms with van der Waals surface area (Å²) in [5.41, 5.74) is 1.15. The van der Waals surface area contributed by atoms with Crippen LogP contribution in [0, 0.1) is 0 Å². The third-order valence-electron chi connectivity index (χ3n) is 2.89. The number of hydrogen-bond acceptors (Lipinski definition) is 5. The molecule has 0 spiro atoms. The molecule has 0 amide bonds. The van der Waals surface area contributed by atoms with Gasteiger partial charge in [0.25, 0.3) is 0 Å². The summed E-state index contributed by atoms with van der Waals surface area (Å²) >= 11 is 5.92. The number of aromatic nitrogens is 3. The molecule has 0 aliphatic rings. The lowest BCUT2D eigenvalue weighted by atomic mass is 10.2. The van der Waals surface area contributed by atoms with Gasteiger partial charge in [0.2, 0.25) is 17.2 Å². The fourth-order valence-electron chi connectivity index (χ4n) is 1.59. The highest BCUT2D eigenvalue weighted by Crippen LogP contribution is 2.12. The molecule has 0 unspecified atom stereocenters. The number of rotatable bonds is 6. The van der Waals surface area contributed by atoms with Gasteiger partial charge in [-0.25, -0.2) is 0 Å². The molecule has 0 aliphatic heterocycles. The number of benzene rings is 1. The second kappa shape index (κ2) is 7.05. The second-order valence-electron chi connectivity index (χ2n) is 4.54. The van der Waals surface area contributed by atoms with Crippen molar-refractivity contribution in [2.75, 3.05) is 10.6 Å². The molecule has 1 heterocycles. The Hall–Kier alpha value is -1.88. The van der Waals surface area contributed by atoms with Gasteiger partial charge in [-0.3, -0.25) is 0 Å². The van der Waals surface area contributed by atoms with Crippen LogP contribution in [-0.2, 0) is 6.54 Å². The predicted octanol–water partition coefficient (Wildman–Crippen LogP) is 3.35. The fourth-order valence-corrected chi connectivity index (χ4v) is 1.75. The fraction of sp³-hybridized carbons (Fsp3) is 0.357. The van der Waals surface area contributed by atoms with E-state index in [0.717, 1.165) is 12.0 Å². The van der Waals surface area contributed by atoms with E-state index in [1.807, 2.05) is 30.3 Å². The number of anilines is 2. The minimum atomic E-state index is 0.182. The molecule has 0 saturated heterocycles. The maximum Gasteiger partial charge on any atom is 0.229 e. The van der Waals surface area contributed by atoms with Gasteiger partial charge < -0.3 is 10.6 Å². The van der Waals surface area contributed by atoms with Gasteiger partial charge in [-0.1, -0.05) is 37.3 Å². The molecule has 0 fully saturated rings. The monoisotopic (exact) mass is 291 g/mol. The first kappa shape index (κ1) is 14.5. The molecule has 6 heteroatoms. The molecule has 2 N–H and O–H groups in total. The van der Waals surface area contributed by atoms with Crippen LogP contribution in [-0.4, -0.2) is 21.0 Å². The van der Waals surface area contributed by atoms with Crippen molar-refractivity contribution in [3.63, 3.8) is 0 Å². The Morgan fingerprint density at radius 3 is 2.50 bits per heavy atom. The number of nitrogens with zero attached hydrogens (tertiary/aromatic N) is 3. The van der Waals surface area contributed by atoms with Crippen molar-refractivity contribution in [3.8, 4) is 0 Å². The summed E-state index contributed by atoms with van der Waals surface area (Å²) in [5, 5.41) is 6.51. The number of nitrogens with one attached hydrogen (secondary N) is 2. The lowest BCUT2D eigenvalue weighted by Gasteiger charge is -2.12. The Balaban J connectivity index is 2.04. The van der Waals surface area contributed by atoms with Crippen molar-refractivity contribution >= 4 is 23.5 Å². The molecular weight excluding hydrogens is 274 g/mol. The third kappa shape index (κ3) is 4.35. The van der Waals surface area contributed by atoms with Crippen molar-refractivity contribution in [2.24, 2.45) is 0 Å². The summed E-state index contributed by atoms with van der Waals surface area (Å²) < 4.78 is 0. The minimum absolute atomic E-state index is 0.182. The third-order valence-corrected chi connectivity index (χ3v) is 3.06. The lowest BCUT2D eigenvalue weighted by Crippen LogP contribution is -2.17. The van der Waals surface area contributed by atoms with Crippen LogP contribution >= 0.6 is 11.6 Å². The van der Waals surface area contributed by atoms with Crippen LogP contribution in [0.4, 0.5) is 11.9 Å². The Kier molecular flexibility index (Phi) is 5.12. The van der Waals surface area contributed by atoms with Crippen LogP contribution in [0.15, 0.2) is 30.3 Å². The normalized spacial score (nSPS) is 11.9. The summed E-state index contributed by atoms with van der Waals surface area (Å²) in [6.07, 6.45) is 0.982. The van der Waals surface area contributed by atoms with E-state index in [9.17, 15) is 0 Å². The maximum atomic E-state index is 5.92. The average molecular weight is 292 g/mol. The van der Waals surface area contributed by atoms with E-state index < -0.39 is 0 Å². The van der Waals surface area contributed by atoms with E-state index in [0.29, 0.717) is 18.4 Å². The molecular formula is C14H18ClN5. The SMILES string of the molecule is CC[C@H](C)Nc1nc(Cl)nc(NCc2ccccc2)n1. The Morgan fingerprint density at radius 2 is 1.80 bits per heavy atom. The quantitative estimate of drug-likeness (QED) is 0.854. The Morgan fingerprint density at radius 1 is 1.10 bits per heavy atom. The van der Waals surface area contributed by atoms with Crippen LogP contribution in [0.3, 0.4) is 0 Å². The molecule has 1 atom stereocenters. The van der Waals surface area contributed by atoms with Crippen molar-refractivity contribution < 1.29 is 0 Å². The van der Waals surface area contributed by atoms with Crippen LogP contribution in [0.2, 0.25) is 5.28 Å². The lowest BCUT2D eigenvalue weighted by molar-refractivity contribution is 0.750. The first-order valence-electron chi connectivity index (χ1n) is 6.63. The van der Waals surface area contributed by atoms with Crippen LogP contribution in [0.1, 0.15) is 25.8 Å². The van der Waals surface area contributed by atoms with Gasteiger partial charge >= 0.3 is 0 Å². The van der Waals surface area contributed by atoms with Gasteiger partial charge in [0.1, 0.15) is 0 Å². The highest BCUT2D eigenvalue weighted by Gasteiger charge is 2.07. The van der Waals surface area contributed by atoms with E-state index >= 15 is 0 Å². The molecule has 0 aliphatic carbocycles. The van der Waals surface area contributed by atoms with Gasteiger partial charge in [-0.05, 0) is 30.5 Å². The van der Waals surface area contributed by atoms with E-state index in [2.05, 4.69) is 39.4 Å². The van der Waals surface area contributed by atoms with Gasteiger partial charge in [0, 0.05) is 12.6 Å². The summed E-state index contributed by atoms with van der Waals surface area (Å²) in [5.74, 6) is 0.967. The molecule has 2 rings (SSSR count). The molecule has 1 aromatic heterocycles. The smallest absolute Gasteiger partial charge is 0.229 e. The molecule has 106 valence electrons. The zero-order valence-corrected chi connectivity index (χ0v) is 12.4. The molecule has 1 aromatic carbocycles. The molecule has 2 aromatic rings.